The number of halogens is 2. The van der Waals surface area contributed by atoms with Gasteiger partial charge in [0.05, 0.1) is 10.7 Å². The zero-order valence-corrected chi connectivity index (χ0v) is 12.5. The molecule has 0 radical (unpaired) electrons. The highest BCUT2D eigenvalue weighted by Gasteiger charge is 2.13. The van der Waals surface area contributed by atoms with Crippen LogP contribution in [0.3, 0.4) is 0 Å². The number of hydrogen-bond acceptors (Lipinski definition) is 4. The predicted molar refractivity (Wildman–Crippen MR) is 81.7 cm³/mol. The lowest BCUT2D eigenvalue weighted by atomic mass is 10.2. The van der Waals surface area contributed by atoms with E-state index in [1.54, 1.807) is 22.9 Å². The summed E-state index contributed by atoms with van der Waals surface area (Å²) in [6, 6.07) is 12.8. The molecule has 2 N–H and O–H groups in total. The van der Waals surface area contributed by atoms with Crippen LogP contribution in [0.25, 0.3) is 17.1 Å². The van der Waals surface area contributed by atoms with Gasteiger partial charge in [0.1, 0.15) is 0 Å². The summed E-state index contributed by atoms with van der Waals surface area (Å²) in [6.45, 7) is 0. The van der Waals surface area contributed by atoms with Gasteiger partial charge in [0.2, 0.25) is 0 Å². The molecule has 1 aromatic heterocycles. The molecule has 100 valence electrons. The fourth-order valence-corrected chi connectivity index (χ4v) is 2.36. The quantitative estimate of drug-likeness (QED) is 0.720. The maximum absolute atomic E-state index is 6.22. The van der Waals surface area contributed by atoms with E-state index in [0.29, 0.717) is 22.2 Å². The molecule has 0 fully saturated rings. The van der Waals surface area contributed by atoms with Crippen molar-refractivity contribution in [2.45, 2.75) is 0 Å². The maximum Gasteiger partial charge on any atom is 0.187 e. The monoisotopic (exact) mass is 349 g/mol. The minimum absolute atomic E-state index is 0.567. The highest BCUT2D eigenvalue weighted by Crippen LogP contribution is 2.27. The van der Waals surface area contributed by atoms with Gasteiger partial charge in [0, 0.05) is 15.7 Å². The molecular weight excluding hydrogens is 342 g/mol. The zero-order chi connectivity index (χ0) is 14.1. The van der Waals surface area contributed by atoms with Gasteiger partial charge in [0.15, 0.2) is 5.82 Å². The SMILES string of the molecule is Nc1ccc(-c2nnnn2-c2cc(Br)ccc2Cl)cc1. The van der Waals surface area contributed by atoms with Crippen molar-refractivity contribution in [1.82, 2.24) is 20.2 Å². The first-order valence-electron chi connectivity index (χ1n) is 5.75. The second-order valence-corrected chi connectivity index (χ2v) is 5.45. The van der Waals surface area contributed by atoms with Crippen molar-refractivity contribution in [2.75, 3.05) is 5.73 Å². The first-order valence-corrected chi connectivity index (χ1v) is 6.92. The highest BCUT2D eigenvalue weighted by molar-refractivity contribution is 9.10. The molecule has 2 aromatic carbocycles. The lowest BCUT2D eigenvalue weighted by Gasteiger charge is -2.07. The topological polar surface area (TPSA) is 69.6 Å². The Hall–Kier alpha value is -1.92. The van der Waals surface area contributed by atoms with Gasteiger partial charge in [0.25, 0.3) is 0 Å². The predicted octanol–water partition coefficient (Wildman–Crippen LogP) is 3.33. The minimum atomic E-state index is 0.567. The summed E-state index contributed by atoms with van der Waals surface area (Å²) in [5.74, 6) is 0.602. The van der Waals surface area contributed by atoms with Crippen molar-refractivity contribution in [3.63, 3.8) is 0 Å². The standard InChI is InChI=1S/C13H9BrClN5/c14-9-3-6-11(15)12(7-9)20-13(17-18-19-20)8-1-4-10(16)5-2-8/h1-7H,16H2. The van der Waals surface area contributed by atoms with E-state index >= 15 is 0 Å². The molecule has 0 aliphatic heterocycles. The number of tetrazole rings is 1. The summed E-state index contributed by atoms with van der Waals surface area (Å²) in [5.41, 5.74) is 7.94. The number of nitrogens with zero attached hydrogens (tertiary/aromatic N) is 4. The molecule has 5 nitrogen and oxygen atoms in total. The van der Waals surface area contributed by atoms with Crippen LogP contribution in [0.5, 0.6) is 0 Å². The molecule has 7 heteroatoms. The summed E-state index contributed by atoms with van der Waals surface area (Å²) < 4.78 is 2.49. The third-order valence-corrected chi connectivity index (χ3v) is 3.59. The Kier molecular flexibility index (Phi) is 3.42. The van der Waals surface area contributed by atoms with E-state index in [-0.39, 0.29) is 0 Å². The molecule has 0 aliphatic rings. The van der Waals surface area contributed by atoms with Crippen LogP contribution in [0.2, 0.25) is 5.02 Å². The molecule has 3 rings (SSSR count). The molecule has 0 spiro atoms. The fourth-order valence-electron chi connectivity index (χ4n) is 1.81. The summed E-state index contributed by atoms with van der Waals surface area (Å²) in [6.07, 6.45) is 0. The van der Waals surface area contributed by atoms with E-state index in [1.165, 1.54) is 0 Å². The smallest absolute Gasteiger partial charge is 0.187 e. The zero-order valence-electron chi connectivity index (χ0n) is 10.2. The number of hydrogen-bond donors (Lipinski definition) is 1. The number of nitrogen functional groups attached to an aromatic ring is 1. The van der Waals surface area contributed by atoms with Gasteiger partial charge in [-0.3, -0.25) is 0 Å². The minimum Gasteiger partial charge on any atom is -0.399 e. The summed E-state index contributed by atoms with van der Waals surface area (Å²) in [7, 11) is 0. The molecule has 0 bridgehead atoms. The van der Waals surface area contributed by atoms with Gasteiger partial charge >= 0.3 is 0 Å². The molecule has 3 aromatic rings. The fraction of sp³-hybridized carbons (Fsp3) is 0. The Morgan fingerprint density at radius 2 is 1.85 bits per heavy atom. The van der Waals surface area contributed by atoms with Crippen LogP contribution in [-0.4, -0.2) is 20.2 Å². The Labute approximate surface area is 128 Å². The summed E-state index contributed by atoms with van der Waals surface area (Å²) in [4.78, 5) is 0. The van der Waals surface area contributed by atoms with Crippen molar-refractivity contribution in [2.24, 2.45) is 0 Å². The van der Waals surface area contributed by atoms with Crippen molar-refractivity contribution in [1.29, 1.82) is 0 Å². The van der Waals surface area contributed by atoms with Crippen LogP contribution in [0.1, 0.15) is 0 Å². The number of benzene rings is 2. The Bertz CT molecular complexity index is 754. The average molecular weight is 351 g/mol. The number of nitrogens with two attached hydrogens (primary N) is 1. The largest absolute Gasteiger partial charge is 0.399 e. The van der Waals surface area contributed by atoms with Gasteiger partial charge in [-0.15, -0.1) is 5.10 Å². The van der Waals surface area contributed by atoms with Crippen LogP contribution in [-0.2, 0) is 0 Å². The Morgan fingerprint density at radius 1 is 1.10 bits per heavy atom. The van der Waals surface area contributed by atoms with Gasteiger partial charge in [-0.05, 0) is 52.9 Å². The van der Waals surface area contributed by atoms with E-state index in [0.717, 1.165) is 10.0 Å². The second-order valence-electron chi connectivity index (χ2n) is 4.13. The Balaban J connectivity index is 2.15. The van der Waals surface area contributed by atoms with Crippen LogP contribution >= 0.6 is 27.5 Å². The van der Waals surface area contributed by atoms with Gasteiger partial charge in [-0.2, -0.15) is 4.68 Å². The maximum atomic E-state index is 6.22. The van der Waals surface area contributed by atoms with Crippen LogP contribution < -0.4 is 5.73 Å². The first kappa shape index (κ1) is 13.1. The molecule has 0 saturated carbocycles. The van der Waals surface area contributed by atoms with E-state index in [4.69, 9.17) is 17.3 Å². The summed E-state index contributed by atoms with van der Waals surface area (Å²) >= 11 is 9.63. The molecule has 0 atom stereocenters. The molecule has 20 heavy (non-hydrogen) atoms. The van der Waals surface area contributed by atoms with Gasteiger partial charge < -0.3 is 5.73 Å². The molecule has 0 amide bonds. The molecular formula is C13H9BrClN5. The van der Waals surface area contributed by atoms with Crippen LogP contribution in [0.15, 0.2) is 46.9 Å². The van der Waals surface area contributed by atoms with E-state index in [2.05, 4.69) is 31.5 Å². The number of anilines is 1. The second kappa shape index (κ2) is 5.22. The third kappa shape index (κ3) is 2.39. The molecule has 1 heterocycles. The first-order chi connectivity index (χ1) is 9.65. The average Bonchev–Trinajstić information content (AvgIpc) is 2.91. The van der Waals surface area contributed by atoms with Crippen LogP contribution in [0, 0.1) is 0 Å². The molecule has 0 aliphatic carbocycles. The van der Waals surface area contributed by atoms with E-state index in [9.17, 15) is 0 Å². The number of rotatable bonds is 2. The summed E-state index contributed by atoms with van der Waals surface area (Å²) in [5, 5.41) is 12.3. The van der Waals surface area contributed by atoms with Crippen molar-refractivity contribution < 1.29 is 0 Å². The normalized spacial score (nSPS) is 10.7. The van der Waals surface area contributed by atoms with E-state index < -0.39 is 0 Å². The lowest BCUT2D eigenvalue weighted by Crippen LogP contribution is -2.01. The highest BCUT2D eigenvalue weighted by atomic mass is 79.9. The van der Waals surface area contributed by atoms with Crippen molar-refractivity contribution in [3.05, 3.63) is 52.0 Å². The third-order valence-electron chi connectivity index (χ3n) is 2.77. The van der Waals surface area contributed by atoms with Crippen molar-refractivity contribution in [3.8, 4) is 17.1 Å². The van der Waals surface area contributed by atoms with Crippen molar-refractivity contribution >= 4 is 33.2 Å². The van der Waals surface area contributed by atoms with E-state index in [1.807, 2.05) is 24.3 Å². The van der Waals surface area contributed by atoms with Gasteiger partial charge in [-0.25, -0.2) is 0 Å². The lowest BCUT2D eigenvalue weighted by molar-refractivity contribution is 0.791. The molecule has 0 unspecified atom stereocenters. The van der Waals surface area contributed by atoms with Gasteiger partial charge in [-0.1, -0.05) is 27.5 Å². The molecule has 0 saturated heterocycles. The van der Waals surface area contributed by atoms with Crippen LogP contribution in [0.4, 0.5) is 5.69 Å². The number of aromatic nitrogens is 4. The Morgan fingerprint density at radius 3 is 2.60 bits per heavy atom.